The van der Waals surface area contributed by atoms with Crippen molar-refractivity contribution in [2.45, 2.75) is 19.3 Å². The summed E-state index contributed by atoms with van der Waals surface area (Å²) in [5, 5.41) is 4.04. The predicted molar refractivity (Wildman–Crippen MR) is 84.2 cm³/mol. The van der Waals surface area contributed by atoms with Gasteiger partial charge in [0.2, 0.25) is 0 Å². The van der Waals surface area contributed by atoms with E-state index < -0.39 is 0 Å². The second-order valence-electron chi connectivity index (χ2n) is 5.86. The van der Waals surface area contributed by atoms with Gasteiger partial charge in [0.25, 0.3) is 11.8 Å². The van der Waals surface area contributed by atoms with Crippen molar-refractivity contribution in [2.24, 2.45) is 0 Å². The van der Waals surface area contributed by atoms with Gasteiger partial charge in [0, 0.05) is 30.9 Å². The molecule has 7 heteroatoms. The average molecular weight is 324 g/mol. The van der Waals surface area contributed by atoms with Crippen LogP contribution in [0.15, 0.2) is 45.7 Å². The van der Waals surface area contributed by atoms with Crippen LogP contribution in [0.4, 0.5) is 0 Å². The molecule has 3 aromatic heterocycles. The summed E-state index contributed by atoms with van der Waals surface area (Å²) in [7, 11) is 0. The van der Waals surface area contributed by atoms with E-state index >= 15 is 0 Å². The lowest BCUT2D eigenvalue weighted by Gasteiger charge is -2.15. The second kappa shape index (κ2) is 5.92. The second-order valence-corrected chi connectivity index (χ2v) is 5.86. The van der Waals surface area contributed by atoms with Crippen LogP contribution in [-0.4, -0.2) is 39.0 Å². The SMILES string of the molecule is Cc1ccc(C(=O)N2CC[C@@H](c3noc(-c4ccco4)n3)C2)cn1. The van der Waals surface area contributed by atoms with Gasteiger partial charge in [-0.25, -0.2) is 0 Å². The number of rotatable bonds is 3. The normalized spacial score (nSPS) is 17.4. The fraction of sp³-hybridized carbons (Fsp3) is 0.294. The molecule has 0 aromatic carbocycles. The van der Waals surface area contributed by atoms with E-state index in [0.717, 1.165) is 12.1 Å². The van der Waals surface area contributed by atoms with E-state index in [2.05, 4.69) is 15.1 Å². The first kappa shape index (κ1) is 14.6. The van der Waals surface area contributed by atoms with Crippen LogP contribution in [0.5, 0.6) is 0 Å². The minimum absolute atomic E-state index is 0.0141. The number of pyridine rings is 1. The van der Waals surface area contributed by atoms with Crippen molar-refractivity contribution >= 4 is 5.91 Å². The topological polar surface area (TPSA) is 85.3 Å². The van der Waals surface area contributed by atoms with E-state index in [9.17, 15) is 4.79 Å². The number of amides is 1. The van der Waals surface area contributed by atoms with Gasteiger partial charge in [-0.3, -0.25) is 9.78 Å². The van der Waals surface area contributed by atoms with Crippen LogP contribution in [0, 0.1) is 6.92 Å². The third-order valence-corrected chi connectivity index (χ3v) is 4.17. The Morgan fingerprint density at radius 2 is 2.25 bits per heavy atom. The van der Waals surface area contributed by atoms with Crippen molar-refractivity contribution in [1.82, 2.24) is 20.0 Å². The molecular weight excluding hydrogens is 308 g/mol. The molecule has 1 aliphatic rings. The maximum Gasteiger partial charge on any atom is 0.293 e. The van der Waals surface area contributed by atoms with Gasteiger partial charge in [0.05, 0.1) is 11.8 Å². The average Bonchev–Trinajstić information content (AvgIpc) is 3.33. The van der Waals surface area contributed by atoms with E-state index in [-0.39, 0.29) is 11.8 Å². The Kier molecular flexibility index (Phi) is 3.60. The molecule has 1 amide bonds. The lowest BCUT2D eigenvalue weighted by atomic mass is 10.1. The highest BCUT2D eigenvalue weighted by molar-refractivity contribution is 5.94. The van der Waals surface area contributed by atoms with Gasteiger partial charge < -0.3 is 13.8 Å². The van der Waals surface area contributed by atoms with Crippen LogP contribution in [0.3, 0.4) is 0 Å². The molecule has 1 atom stereocenters. The molecular formula is C17H16N4O3. The van der Waals surface area contributed by atoms with Gasteiger partial charge in [0.1, 0.15) is 0 Å². The largest absolute Gasteiger partial charge is 0.459 e. The van der Waals surface area contributed by atoms with Gasteiger partial charge in [-0.15, -0.1) is 0 Å². The summed E-state index contributed by atoms with van der Waals surface area (Å²) in [6, 6.07) is 7.19. The Labute approximate surface area is 138 Å². The van der Waals surface area contributed by atoms with Gasteiger partial charge in [0.15, 0.2) is 11.6 Å². The zero-order chi connectivity index (χ0) is 16.5. The number of nitrogens with zero attached hydrogens (tertiary/aromatic N) is 4. The number of likely N-dealkylation sites (tertiary alicyclic amines) is 1. The molecule has 1 aliphatic heterocycles. The van der Waals surface area contributed by atoms with Gasteiger partial charge in [-0.05, 0) is 37.6 Å². The molecule has 24 heavy (non-hydrogen) atoms. The fourth-order valence-electron chi connectivity index (χ4n) is 2.83. The standard InChI is InChI=1S/C17H16N4O3/c1-11-4-5-12(9-18-11)17(22)21-7-6-13(10-21)15-19-16(24-20-15)14-3-2-8-23-14/h2-5,8-9,13H,6-7,10H2,1H3/t13-/m1/s1. The molecule has 0 spiro atoms. The Morgan fingerprint density at radius 3 is 3.00 bits per heavy atom. The summed E-state index contributed by atoms with van der Waals surface area (Å²) in [5.74, 6) is 1.58. The molecule has 3 aromatic rings. The number of hydrogen-bond donors (Lipinski definition) is 0. The molecule has 1 saturated heterocycles. The fourth-order valence-corrected chi connectivity index (χ4v) is 2.83. The smallest absolute Gasteiger partial charge is 0.293 e. The van der Waals surface area contributed by atoms with Crippen molar-refractivity contribution in [2.75, 3.05) is 13.1 Å². The minimum atomic E-state index is -0.0141. The maximum atomic E-state index is 12.5. The van der Waals surface area contributed by atoms with Gasteiger partial charge >= 0.3 is 0 Å². The quantitative estimate of drug-likeness (QED) is 0.736. The summed E-state index contributed by atoms with van der Waals surface area (Å²) in [6.07, 6.45) is 3.99. The number of carbonyl (C=O) groups is 1. The Bertz CT molecular complexity index is 839. The predicted octanol–water partition coefficient (Wildman–Crippen LogP) is 2.66. The van der Waals surface area contributed by atoms with E-state index in [1.54, 1.807) is 35.6 Å². The van der Waals surface area contributed by atoms with E-state index in [4.69, 9.17) is 8.94 Å². The van der Waals surface area contributed by atoms with Gasteiger partial charge in [-0.2, -0.15) is 4.98 Å². The first-order valence-corrected chi connectivity index (χ1v) is 7.80. The first-order valence-electron chi connectivity index (χ1n) is 7.80. The van der Waals surface area contributed by atoms with Crippen LogP contribution in [0.2, 0.25) is 0 Å². The van der Waals surface area contributed by atoms with Crippen molar-refractivity contribution in [3.63, 3.8) is 0 Å². The molecule has 0 N–H and O–H groups in total. The molecule has 0 saturated carbocycles. The maximum absolute atomic E-state index is 12.5. The third-order valence-electron chi connectivity index (χ3n) is 4.17. The zero-order valence-electron chi connectivity index (χ0n) is 13.2. The lowest BCUT2D eigenvalue weighted by Crippen LogP contribution is -2.28. The Morgan fingerprint density at radius 1 is 1.33 bits per heavy atom. The van der Waals surface area contributed by atoms with Crippen molar-refractivity contribution < 1.29 is 13.7 Å². The molecule has 0 unspecified atom stereocenters. The van der Waals surface area contributed by atoms with E-state index in [1.165, 1.54) is 0 Å². The molecule has 0 radical (unpaired) electrons. The monoisotopic (exact) mass is 324 g/mol. The van der Waals surface area contributed by atoms with Crippen LogP contribution in [0.1, 0.15) is 34.2 Å². The third kappa shape index (κ3) is 2.68. The molecule has 0 aliphatic carbocycles. The molecule has 1 fully saturated rings. The van der Waals surface area contributed by atoms with E-state index in [1.807, 2.05) is 13.0 Å². The summed E-state index contributed by atoms with van der Waals surface area (Å²) >= 11 is 0. The highest BCUT2D eigenvalue weighted by Gasteiger charge is 2.31. The molecule has 0 bridgehead atoms. The van der Waals surface area contributed by atoms with Gasteiger partial charge in [-0.1, -0.05) is 5.16 Å². The molecule has 7 nitrogen and oxygen atoms in total. The van der Waals surface area contributed by atoms with Crippen LogP contribution < -0.4 is 0 Å². The highest BCUT2D eigenvalue weighted by Crippen LogP contribution is 2.28. The summed E-state index contributed by atoms with van der Waals surface area (Å²) < 4.78 is 10.5. The van der Waals surface area contributed by atoms with Crippen molar-refractivity contribution in [1.29, 1.82) is 0 Å². The first-order chi connectivity index (χ1) is 11.7. The molecule has 4 heterocycles. The number of carbonyl (C=O) groups excluding carboxylic acids is 1. The van der Waals surface area contributed by atoms with Crippen LogP contribution >= 0.6 is 0 Å². The van der Waals surface area contributed by atoms with Crippen molar-refractivity contribution in [3.8, 4) is 11.7 Å². The lowest BCUT2D eigenvalue weighted by molar-refractivity contribution is 0.0790. The van der Waals surface area contributed by atoms with Crippen molar-refractivity contribution in [3.05, 3.63) is 53.8 Å². The van der Waals surface area contributed by atoms with Crippen LogP contribution in [-0.2, 0) is 0 Å². The number of aromatic nitrogens is 3. The highest BCUT2D eigenvalue weighted by atomic mass is 16.5. The Balaban J connectivity index is 1.46. The number of furan rings is 1. The summed E-state index contributed by atoms with van der Waals surface area (Å²) in [6.45, 7) is 3.14. The Hall–Kier alpha value is -2.96. The summed E-state index contributed by atoms with van der Waals surface area (Å²) in [5.41, 5.74) is 1.49. The number of aryl methyl sites for hydroxylation is 1. The molecule has 122 valence electrons. The molecule has 4 rings (SSSR count). The zero-order valence-corrected chi connectivity index (χ0v) is 13.2. The van der Waals surface area contributed by atoms with E-state index in [0.29, 0.717) is 36.1 Å². The number of hydrogen-bond acceptors (Lipinski definition) is 6. The summed E-state index contributed by atoms with van der Waals surface area (Å²) in [4.78, 5) is 22.9. The van der Waals surface area contributed by atoms with Crippen LogP contribution in [0.25, 0.3) is 11.7 Å². The minimum Gasteiger partial charge on any atom is -0.459 e.